The van der Waals surface area contributed by atoms with Gasteiger partial charge in [0.15, 0.2) is 18.1 Å². The summed E-state index contributed by atoms with van der Waals surface area (Å²) in [6.45, 7) is 1.57. The van der Waals surface area contributed by atoms with Crippen LogP contribution in [-0.4, -0.2) is 42.3 Å². The number of esters is 1. The van der Waals surface area contributed by atoms with Crippen LogP contribution < -0.4 is 9.47 Å². The van der Waals surface area contributed by atoms with Crippen LogP contribution in [0.2, 0.25) is 5.02 Å². The van der Waals surface area contributed by atoms with Crippen LogP contribution in [0.25, 0.3) is 6.08 Å². The zero-order valence-electron chi connectivity index (χ0n) is 17.8. The second kappa shape index (κ2) is 10.9. The van der Waals surface area contributed by atoms with Crippen molar-refractivity contribution >= 4 is 46.6 Å². The molecule has 0 bridgehead atoms. The summed E-state index contributed by atoms with van der Waals surface area (Å²) in [6.07, 6.45) is 1.52. The van der Waals surface area contributed by atoms with Gasteiger partial charge in [0, 0.05) is 0 Å². The summed E-state index contributed by atoms with van der Waals surface area (Å²) in [5.74, 6) is -0.618. The number of hydrogen-bond donors (Lipinski definition) is 0. The highest BCUT2D eigenvalue weighted by atomic mass is 35.5. The van der Waals surface area contributed by atoms with Gasteiger partial charge in [0.2, 0.25) is 0 Å². The average Bonchev–Trinajstić information content (AvgIpc) is 3.05. The van der Waals surface area contributed by atoms with E-state index in [9.17, 15) is 19.6 Å². The van der Waals surface area contributed by atoms with Crippen molar-refractivity contribution in [3.05, 3.63) is 63.0 Å². The van der Waals surface area contributed by atoms with Gasteiger partial charge in [-0.3, -0.25) is 14.5 Å². The van der Waals surface area contributed by atoms with Crippen LogP contribution in [-0.2, 0) is 20.9 Å². The van der Waals surface area contributed by atoms with Crippen molar-refractivity contribution in [1.29, 1.82) is 5.26 Å². The Morgan fingerprint density at radius 3 is 2.73 bits per heavy atom. The molecule has 2 aromatic carbocycles. The summed E-state index contributed by atoms with van der Waals surface area (Å²) in [5, 5.41) is 8.97. The smallest absolute Gasteiger partial charge is 0.344 e. The van der Waals surface area contributed by atoms with E-state index in [2.05, 4.69) is 6.07 Å². The fraction of sp³-hybridized carbons (Fsp3) is 0.217. The van der Waals surface area contributed by atoms with Gasteiger partial charge in [-0.25, -0.2) is 4.79 Å². The Morgan fingerprint density at radius 1 is 1.27 bits per heavy atom. The van der Waals surface area contributed by atoms with Crippen molar-refractivity contribution in [2.45, 2.75) is 13.5 Å². The summed E-state index contributed by atoms with van der Waals surface area (Å²) in [5.41, 5.74) is 1.48. The molecule has 1 saturated heterocycles. The molecule has 3 rings (SSSR count). The molecule has 2 aromatic rings. The summed E-state index contributed by atoms with van der Waals surface area (Å²) < 4.78 is 15.6. The van der Waals surface area contributed by atoms with Crippen molar-refractivity contribution in [3.8, 4) is 17.6 Å². The second-order valence-electron chi connectivity index (χ2n) is 6.66. The number of hydrogen-bond acceptors (Lipinski definition) is 8. The second-order valence-corrected chi connectivity index (χ2v) is 8.07. The lowest BCUT2D eigenvalue weighted by molar-refractivity contribution is -0.145. The quantitative estimate of drug-likeness (QED) is 0.399. The van der Waals surface area contributed by atoms with E-state index in [1.54, 1.807) is 37.3 Å². The zero-order chi connectivity index (χ0) is 24.0. The first-order valence-corrected chi connectivity index (χ1v) is 11.0. The van der Waals surface area contributed by atoms with Crippen molar-refractivity contribution in [3.63, 3.8) is 0 Å². The SMILES string of the molecule is CCOC(=O)COc1c(Cl)cc(/C=C2\SC(=O)N(Cc3ccccc3C#N)C2=O)cc1OC. The van der Waals surface area contributed by atoms with Gasteiger partial charge in [0.05, 0.1) is 41.8 Å². The lowest BCUT2D eigenvalue weighted by atomic mass is 10.1. The molecule has 8 nitrogen and oxygen atoms in total. The molecular weight excluding hydrogens is 468 g/mol. The van der Waals surface area contributed by atoms with Gasteiger partial charge in [-0.05, 0) is 54.1 Å². The minimum absolute atomic E-state index is 0.00352. The minimum atomic E-state index is -0.550. The van der Waals surface area contributed by atoms with Crippen LogP contribution in [0, 0.1) is 11.3 Å². The fourth-order valence-electron chi connectivity index (χ4n) is 3.02. The molecule has 0 spiro atoms. The number of nitrogens with zero attached hydrogens (tertiary/aromatic N) is 2. The van der Waals surface area contributed by atoms with E-state index in [0.29, 0.717) is 16.7 Å². The predicted molar refractivity (Wildman–Crippen MR) is 123 cm³/mol. The van der Waals surface area contributed by atoms with E-state index in [1.165, 1.54) is 19.3 Å². The number of thioether (sulfide) groups is 1. The number of carbonyl (C=O) groups excluding carboxylic acids is 3. The Morgan fingerprint density at radius 2 is 2.03 bits per heavy atom. The van der Waals surface area contributed by atoms with Gasteiger partial charge in [-0.15, -0.1) is 0 Å². The van der Waals surface area contributed by atoms with Crippen molar-refractivity contribution in [1.82, 2.24) is 4.90 Å². The largest absolute Gasteiger partial charge is 0.493 e. The predicted octanol–water partition coefficient (Wildman–Crippen LogP) is 4.40. The Kier molecular flexibility index (Phi) is 7.98. The number of imide groups is 1. The van der Waals surface area contributed by atoms with Crippen LogP contribution in [0.4, 0.5) is 4.79 Å². The Balaban J connectivity index is 1.82. The third-order valence-electron chi connectivity index (χ3n) is 4.53. The number of rotatable bonds is 8. The van der Waals surface area contributed by atoms with Crippen molar-refractivity contribution in [2.24, 2.45) is 0 Å². The molecule has 33 heavy (non-hydrogen) atoms. The third kappa shape index (κ3) is 5.66. The fourth-order valence-corrected chi connectivity index (χ4v) is 4.13. The Bertz CT molecular complexity index is 1170. The molecule has 1 fully saturated rings. The van der Waals surface area contributed by atoms with E-state index in [0.717, 1.165) is 16.7 Å². The molecule has 0 saturated carbocycles. The number of ether oxygens (including phenoxy) is 3. The number of nitriles is 1. The number of benzene rings is 2. The van der Waals surface area contributed by atoms with Gasteiger partial charge in [0.25, 0.3) is 11.1 Å². The number of methoxy groups -OCH3 is 1. The monoisotopic (exact) mass is 486 g/mol. The highest BCUT2D eigenvalue weighted by Crippen LogP contribution is 2.39. The third-order valence-corrected chi connectivity index (χ3v) is 5.72. The van der Waals surface area contributed by atoms with E-state index in [4.69, 9.17) is 25.8 Å². The molecule has 1 heterocycles. The molecule has 0 radical (unpaired) electrons. The van der Waals surface area contributed by atoms with Crippen LogP contribution in [0.15, 0.2) is 41.3 Å². The van der Waals surface area contributed by atoms with E-state index < -0.39 is 17.1 Å². The summed E-state index contributed by atoms with van der Waals surface area (Å²) >= 11 is 7.10. The molecule has 10 heteroatoms. The van der Waals surface area contributed by atoms with Crippen LogP contribution in [0.3, 0.4) is 0 Å². The lowest BCUT2D eigenvalue weighted by Crippen LogP contribution is -2.27. The van der Waals surface area contributed by atoms with Crippen molar-refractivity contribution < 1.29 is 28.6 Å². The van der Waals surface area contributed by atoms with Gasteiger partial charge < -0.3 is 14.2 Å². The van der Waals surface area contributed by atoms with Gasteiger partial charge in [0.1, 0.15) is 0 Å². The lowest BCUT2D eigenvalue weighted by Gasteiger charge is -2.14. The van der Waals surface area contributed by atoms with Crippen LogP contribution in [0.1, 0.15) is 23.6 Å². The topological polar surface area (TPSA) is 106 Å². The molecule has 0 atom stereocenters. The first-order valence-electron chi connectivity index (χ1n) is 9.77. The number of halogens is 1. The maximum Gasteiger partial charge on any atom is 0.344 e. The molecule has 170 valence electrons. The summed E-state index contributed by atoms with van der Waals surface area (Å²) in [7, 11) is 1.41. The minimum Gasteiger partial charge on any atom is -0.493 e. The molecule has 2 amide bonds. The molecule has 0 aromatic heterocycles. The van der Waals surface area contributed by atoms with E-state index in [1.807, 2.05) is 0 Å². The highest BCUT2D eigenvalue weighted by Gasteiger charge is 2.35. The summed E-state index contributed by atoms with van der Waals surface area (Å²) in [4.78, 5) is 38.2. The number of carbonyl (C=O) groups is 3. The summed E-state index contributed by atoms with van der Waals surface area (Å²) in [6, 6.07) is 11.9. The van der Waals surface area contributed by atoms with Gasteiger partial charge >= 0.3 is 5.97 Å². The van der Waals surface area contributed by atoms with Gasteiger partial charge in [-0.1, -0.05) is 29.8 Å². The highest BCUT2D eigenvalue weighted by molar-refractivity contribution is 8.18. The average molecular weight is 487 g/mol. The molecular formula is C23H19ClN2O6S. The van der Waals surface area contributed by atoms with Crippen molar-refractivity contribution in [2.75, 3.05) is 20.3 Å². The normalized spacial score (nSPS) is 14.4. The molecule has 1 aliphatic rings. The molecule has 0 unspecified atom stereocenters. The number of amides is 2. The standard InChI is InChI=1S/C23H19ClN2O6S/c1-3-31-20(27)13-32-21-17(24)8-14(9-18(21)30-2)10-19-22(28)26(23(29)33-19)12-16-7-5-4-6-15(16)11-25/h4-10H,3,12-13H2,1-2H3/b19-10-. The zero-order valence-corrected chi connectivity index (χ0v) is 19.4. The molecule has 0 N–H and O–H groups in total. The Labute approximate surface area is 199 Å². The first kappa shape index (κ1) is 24.2. The van der Waals surface area contributed by atoms with Crippen LogP contribution >= 0.6 is 23.4 Å². The van der Waals surface area contributed by atoms with E-state index >= 15 is 0 Å². The van der Waals surface area contributed by atoms with E-state index in [-0.39, 0.29) is 41.2 Å². The van der Waals surface area contributed by atoms with Gasteiger partial charge in [-0.2, -0.15) is 5.26 Å². The molecule has 0 aliphatic carbocycles. The molecule has 1 aliphatic heterocycles. The maximum absolute atomic E-state index is 12.9. The first-order chi connectivity index (χ1) is 15.9. The maximum atomic E-state index is 12.9. The Hall–Kier alpha value is -3.48. The van der Waals surface area contributed by atoms with Crippen LogP contribution in [0.5, 0.6) is 11.5 Å².